The van der Waals surface area contributed by atoms with Crippen molar-refractivity contribution in [2.75, 3.05) is 28.7 Å². The number of benzene rings is 1. The molecular formula is C28H35FN4O4. The number of nitrogens with zero attached hydrogens (tertiary/aromatic N) is 2. The SMILES string of the molecule is CC(C)OC1CCC(C(=O)N2Cc3cc(F)cnc3Nc3ccc(N[C@@H]4CO[C@@H]5CCO[C@H]45)cc32)CC1. The molecule has 37 heavy (non-hydrogen) atoms. The van der Waals surface area contributed by atoms with E-state index in [-0.39, 0.29) is 48.8 Å². The summed E-state index contributed by atoms with van der Waals surface area (Å²) in [5.41, 5.74) is 3.08. The van der Waals surface area contributed by atoms with E-state index in [2.05, 4.69) is 15.6 Å². The van der Waals surface area contributed by atoms with E-state index in [0.717, 1.165) is 55.8 Å². The zero-order valence-corrected chi connectivity index (χ0v) is 21.4. The van der Waals surface area contributed by atoms with E-state index in [0.29, 0.717) is 18.0 Å². The summed E-state index contributed by atoms with van der Waals surface area (Å²) in [7, 11) is 0. The summed E-state index contributed by atoms with van der Waals surface area (Å²) in [5.74, 6) is 0.109. The fraction of sp³-hybridized carbons (Fsp3) is 0.571. The van der Waals surface area contributed by atoms with Crippen LogP contribution in [0, 0.1) is 11.7 Å². The molecule has 1 aromatic carbocycles. The van der Waals surface area contributed by atoms with E-state index in [1.165, 1.54) is 12.3 Å². The van der Waals surface area contributed by atoms with Gasteiger partial charge in [0.1, 0.15) is 17.7 Å². The van der Waals surface area contributed by atoms with E-state index in [1.54, 1.807) is 4.90 Å². The zero-order chi connectivity index (χ0) is 25.5. The lowest BCUT2D eigenvalue weighted by Gasteiger charge is -2.33. The average Bonchev–Trinajstić information content (AvgIpc) is 3.46. The number of carbonyl (C=O) groups is 1. The maximum absolute atomic E-state index is 14.1. The molecule has 2 aromatic rings. The standard InChI is InChI=1S/C28H35FN4O4/c1-16(2)37-21-6-3-17(4-7-21)28(34)33-14-18-11-19(29)13-30-27(18)32-22-8-5-20(12-24(22)33)31-23-15-36-25-9-10-35-26(23)25/h5,8,11-13,16-17,21,23,25-26,31H,3-4,6-7,9-10,14-15H2,1-2H3,(H,30,32)/t17?,21?,23-,25-,26-/m1/s1. The number of halogens is 1. The van der Waals surface area contributed by atoms with E-state index in [1.807, 2.05) is 32.0 Å². The van der Waals surface area contributed by atoms with Gasteiger partial charge in [-0.05, 0) is 70.2 Å². The Morgan fingerprint density at radius 3 is 2.84 bits per heavy atom. The smallest absolute Gasteiger partial charge is 0.230 e. The summed E-state index contributed by atoms with van der Waals surface area (Å²) in [6, 6.07) is 7.45. The Hall–Kier alpha value is -2.75. The van der Waals surface area contributed by atoms with Crippen LogP contribution in [0.2, 0.25) is 0 Å². The predicted molar refractivity (Wildman–Crippen MR) is 139 cm³/mol. The zero-order valence-electron chi connectivity index (χ0n) is 21.4. The minimum absolute atomic E-state index is 0.0364. The van der Waals surface area contributed by atoms with Crippen molar-refractivity contribution in [1.82, 2.24) is 4.98 Å². The maximum Gasteiger partial charge on any atom is 0.230 e. The molecule has 2 saturated heterocycles. The monoisotopic (exact) mass is 510 g/mol. The lowest BCUT2D eigenvalue weighted by atomic mass is 9.86. The van der Waals surface area contributed by atoms with Gasteiger partial charge in [0.15, 0.2) is 0 Å². The molecular weight excluding hydrogens is 475 g/mol. The van der Waals surface area contributed by atoms with Gasteiger partial charge in [0.2, 0.25) is 5.91 Å². The first kappa shape index (κ1) is 24.6. The fourth-order valence-electron chi connectivity index (χ4n) is 6.10. The number of aromatic nitrogens is 1. The Morgan fingerprint density at radius 1 is 1.19 bits per heavy atom. The third-order valence-corrected chi connectivity index (χ3v) is 7.88. The number of rotatable bonds is 5. The number of fused-ring (bicyclic) bond motifs is 3. The van der Waals surface area contributed by atoms with Gasteiger partial charge in [-0.3, -0.25) is 4.79 Å². The van der Waals surface area contributed by atoms with Crippen LogP contribution in [0.5, 0.6) is 0 Å². The molecule has 1 aromatic heterocycles. The minimum Gasteiger partial charge on any atom is -0.377 e. The molecule has 3 aliphatic heterocycles. The highest BCUT2D eigenvalue weighted by Crippen LogP contribution is 2.40. The molecule has 1 aliphatic carbocycles. The second-order valence-corrected chi connectivity index (χ2v) is 10.8. The van der Waals surface area contributed by atoms with Gasteiger partial charge in [0.05, 0.1) is 55.1 Å². The minimum atomic E-state index is -0.417. The summed E-state index contributed by atoms with van der Waals surface area (Å²) < 4.78 is 31.9. The molecule has 0 bridgehead atoms. The summed E-state index contributed by atoms with van der Waals surface area (Å²) in [4.78, 5) is 20.1. The van der Waals surface area contributed by atoms with Crippen LogP contribution in [-0.4, -0.2) is 54.6 Å². The van der Waals surface area contributed by atoms with Crippen molar-refractivity contribution in [3.05, 3.63) is 41.8 Å². The van der Waals surface area contributed by atoms with Crippen LogP contribution in [-0.2, 0) is 25.5 Å². The molecule has 3 atom stereocenters. The van der Waals surface area contributed by atoms with Gasteiger partial charge in [-0.15, -0.1) is 0 Å². The first-order valence-corrected chi connectivity index (χ1v) is 13.5. The van der Waals surface area contributed by atoms with E-state index in [9.17, 15) is 9.18 Å². The Bertz CT molecular complexity index is 1150. The van der Waals surface area contributed by atoms with Crippen LogP contribution in [0.3, 0.4) is 0 Å². The molecule has 9 heteroatoms. The van der Waals surface area contributed by atoms with Gasteiger partial charge in [-0.1, -0.05) is 0 Å². The number of anilines is 4. The highest BCUT2D eigenvalue weighted by Gasteiger charge is 2.42. The van der Waals surface area contributed by atoms with E-state index in [4.69, 9.17) is 14.2 Å². The predicted octanol–water partition coefficient (Wildman–Crippen LogP) is 4.76. The summed E-state index contributed by atoms with van der Waals surface area (Å²) in [6.07, 6.45) is 5.98. The van der Waals surface area contributed by atoms with Gasteiger partial charge in [-0.2, -0.15) is 0 Å². The Morgan fingerprint density at radius 2 is 2.03 bits per heavy atom. The molecule has 6 rings (SSSR count). The van der Waals surface area contributed by atoms with E-state index < -0.39 is 5.82 Å². The average molecular weight is 511 g/mol. The molecule has 4 aliphatic rings. The van der Waals surface area contributed by atoms with Crippen LogP contribution in [0.25, 0.3) is 0 Å². The van der Waals surface area contributed by atoms with Crippen LogP contribution in [0.4, 0.5) is 27.3 Å². The molecule has 1 amide bonds. The number of hydrogen-bond donors (Lipinski definition) is 2. The second kappa shape index (κ2) is 10.2. The van der Waals surface area contributed by atoms with Crippen molar-refractivity contribution in [2.45, 2.75) is 83.0 Å². The van der Waals surface area contributed by atoms with Crippen LogP contribution >= 0.6 is 0 Å². The Balaban J connectivity index is 1.27. The normalized spacial score (nSPS) is 28.8. The highest BCUT2D eigenvalue weighted by atomic mass is 19.1. The number of nitrogens with one attached hydrogen (secondary N) is 2. The van der Waals surface area contributed by atoms with Crippen molar-refractivity contribution in [2.24, 2.45) is 5.92 Å². The number of pyridine rings is 1. The quantitative estimate of drug-likeness (QED) is 0.600. The van der Waals surface area contributed by atoms with Gasteiger partial charge >= 0.3 is 0 Å². The summed E-state index contributed by atoms with van der Waals surface area (Å²) in [5, 5.41) is 6.90. The van der Waals surface area contributed by atoms with Gasteiger partial charge < -0.3 is 29.7 Å². The summed E-state index contributed by atoms with van der Waals surface area (Å²) >= 11 is 0. The van der Waals surface area contributed by atoms with Gasteiger partial charge in [0, 0.05) is 23.8 Å². The topological polar surface area (TPSA) is 85.0 Å². The van der Waals surface area contributed by atoms with Crippen LogP contribution in [0.1, 0.15) is 51.5 Å². The molecule has 0 radical (unpaired) electrons. The van der Waals surface area contributed by atoms with Crippen molar-refractivity contribution in [1.29, 1.82) is 0 Å². The van der Waals surface area contributed by atoms with Crippen LogP contribution < -0.4 is 15.5 Å². The van der Waals surface area contributed by atoms with Gasteiger partial charge in [0.25, 0.3) is 0 Å². The second-order valence-electron chi connectivity index (χ2n) is 10.8. The summed E-state index contributed by atoms with van der Waals surface area (Å²) in [6.45, 7) is 5.65. The maximum atomic E-state index is 14.1. The molecule has 1 saturated carbocycles. The van der Waals surface area contributed by atoms with Crippen molar-refractivity contribution < 1.29 is 23.4 Å². The van der Waals surface area contributed by atoms with E-state index >= 15 is 0 Å². The Labute approximate surface area is 216 Å². The molecule has 3 fully saturated rings. The first-order chi connectivity index (χ1) is 17.9. The highest BCUT2D eigenvalue weighted by molar-refractivity contribution is 6.00. The third-order valence-electron chi connectivity index (χ3n) is 7.88. The lowest BCUT2D eigenvalue weighted by Crippen LogP contribution is -2.38. The molecule has 2 N–H and O–H groups in total. The molecule has 0 spiro atoms. The molecule has 0 unspecified atom stereocenters. The first-order valence-electron chi connectivity index (χ1n) is 13.5. The van der Waals surface area contributed by atoms with Crippen molar-refractivity contribution in [3.63, 3.8) is 0 Å². The third kappa shape index (κ3) is 5.04. The number of hydrogen-bond acceptors (Lipinski definition) is 7. The van der Waals surface area contributed by atoms with Crippen LogP contribution in [0.15, 0.2) is 30.5 Å². The van der Waals surface area contributed by atoms with Gasteiger partial charge in [-0.25, -0.2) is 9.37 Å². The van der Waals surface area contributed by atoms with Crippen molar-refractivity contribution in [3.8, 4) is 0 Å². The number of amides is 1. The number of ether oxygens (including phenoxy) is 3. The van der Waals surface area contributed by atoms with Crippen molar-refractivity contribution >= 4 is 28.8 Å². The molecule has 8 nitrogen and oxygen atoms in total. The molecule has 4 heterocycles. The number of carbonyl (C=O) groups excluding carboxylic acids is 1. The lowest BCUT2D eigenvalue weighted by molar-refractivity contribution is -0.124. The molecule has 198 valence electrons. The Kier molecular flexibility index (Phi) is 6.77. The fourth-order valence-corrected chi connectivity index (χ4v) is 6.10. The largest absolute Gasteiger partial charge is 0.377 e.